The molecule has 1 rings (SSSR count). The van der Waals surface area contributed by atoms with E-state index in [1.807, 2.05) is 0 Å². The molecule has 0 aliphatic carbocycles. The van der Waals surface area contributed by atoms with E-state index in [0.29, 0.717) is 11.3 Å². The van der Waals surface area contributed by atoms with Gasteiger partial charge in [0.1, 0.15) is 6.33 Å². The van der Waals surface area contributed by atoms with Gasteiger partial charge in [-0.05, 0) is 6.92 Å². The molecule has 11 heavy (non-hydrogen) atoms. The largest absolute Gasteiger partial charge is 0.465 e. The molecule has 0 saturated heterocycles. The Bertz CT molecular complexity index is 273. The first-order valence-corrected chi connectivity index (χ1v) is 3.10. The molecule has 0 atom stereocenters. The van der Waals surface area contributed by atoms with E-state index in [0.717, 1.165) is 0 Å². The Labute approximate surface area is 64.2 Å². The summed E-state index contributed by atoms with van der Waals surface area (Å²) in [5, 5.41) is 0. The number of hydrogen-bond acceptors (Lipinski definition) is 4. The Balaban J connectivity index is 3.03. The van der Waals surface area contributed by atoms with Gasteiger partial charge in [-0.3, -0.25) is 0 Å². The molecule has 0 radical (unpaired) electrons. The van der Waals surface area contributed by atoms with Crippen LogP contribution < -0.4 is 0 Å². The monoisotopic (exact) mass is 152 g/mol. The summed E-state index contributed by atoms with van der Waals surface area (Å²) in [7, 11) is 1.33. The van der Waals surface area contributed by atoms with E-state index in [2.05, 4.69) is 14.7 Å². The van der Waals surface area contributed by atoms with Crippen LogP contribution in [-0.2, 0) is 4.74 Å². The summed E-state index contributed by atoms with van der Waals surface area (Å²) >= 11 is 0. The topological polar surface area (TPSA) is 52.1 Å². The van der Waals surface area contributed by atoms with Gasteiger partial charge >= 0.3 is 5.97 Å². The lowest BCUT2D eigenvalue weighted by Gasteiger charge is -1.99. The van der Waals surface area contributed by atoms with E-state index < -0.39 is 5.97 Å². The van der Waals surface area contributed by atoms with Gasteiger partial charge in [-0.25, -0.2) is 14.8 Å². The van der Waals surface area contributed by atoms with Gasteiger partial charge in [0.25, 0.3) is 0 Å². The van der Waals surface area contributed by atoms with Crippen LogP contribution in [0.3, 0.4) is 0 Å². The number of rotatable bonds is 1. The molecule has 58 valence electrons. The van der Waals surface area contributed by atoms with Crippen LogP contribution in [0, 0.1) is 6.92 Å². The third kappa shape index (κ3) is 1.52. The number of esters is 1. The van der Waals surface area contributed by atoms with Crippen molar-refractivity contribution in [3.8, 4) is 0 Å². The van der Waals surface area contributed by atoms with Crippen LogP contribution in [0.5, 0.6) is 0 Å². The number of carbonyl (C=O) groups is 1. The highest BCUT2D eigenvalue weighted by atomic mass is 16.5. The van der Waals surface area contributed by atoms with Gasteiger partial charge < -0.3 is 4.74 Å². The van der Waals surface area contributed by atoms with Crippen LogP contribution in [0.25, 0.3) is 0 Å². The van der Waals surface area contributed by atoms with E-state index in [9.17, 15) is 4.79 Å². The fraction of sp³-hybridized carbons (Fsp3) is 0.286. The number of methoxy groups -OCH3 is 1. The average Bonchev–Trinajstić information content (AvgIpc) is 2.04. The van der Waals surface area contributed by atoms with E-state index in [4.69, 9.17) is 0 Å². The first kappa shape index (κ1) is 7.65. The van der Waals surface area contributed by atoms with Gasteiger partial charge in [0.05, 0.1) is 18.4 Å². The van der Waals surface area contributed by atoms with Gasteiger partial charge in [0, 0.05) is 6.20 Å². The number of hydrogen-bond donors (Lipinski definition) is 0. The molecule has 1 aromatic rings. The Morgan fingerprint density at radius 3 is 2.91 bits per heavy atom. The molecule has 4 heteroatoms. The lowest BCUT2D eigenvalue weighted by atomic mass is 10.2. The van der Waals surface area contributed by atoms with Crippen LogP contribution >= 0.6 is 0 Å². The van der Waals surface area contributed by atoms with Crippen LogP contribution in [0.4, 0.5) is 0 Å². The van der Waals surface area contributed by atoms with Gasteiger partial charge in [-0.2, -0.15) is 0 Å². The van der Waals surface area contributed by atoms with Crippen molar-refractivity contribution in [2.45, 2.75) is 6.92 Å². The molecule has 0 saturated carbocycles. The fourth-order valence-corrected chi connectivity index (χ4v) is 0.701. The molecule has 0 aliphatic rings. The van der Waals surface area contributed by atoms with Crippen molar-refractivity contribution >= 4 is 5.97 Å². The molecule has 0 N–H and O–H groups in total. The molecular formula is C7H8N2O2. The lowest BCUT2D eigenvalue weighted by Crippen LogP contribution is -2.05. The minimum absolute atomic E-state index is 0.400. The van der Waals surface area contributed by atoms with Crippen molar-refractivity contribution in [2.24, 2.45) is 0 Å². The molecule has 1 aromatic heterocycles. The van der Waals surface area contributed by atoms with Gasteiger partial charge in [0.2, 0.25) is 0 Å². The summed E-state index contributed by atoms with van der Waals surface area (Å²) in [6, 6.07) is 0. The summed E-state index contributed by atoms with van der Waals surface area (Å²) in [5.41, 5.74) is 1.04. The highest BCUT2D eigenvalue weighted by Gasteiger charge is 2.08. The lowest BCUT2D eigenvalue weighted by molar-refractivity contribution is 0.0599. The predicted octanol–water partition coefficient (Wildman–Crippen LogP) is 0.572. The SMILES string of the molecule is COC(=O)c1cncnc1C. The molecule has 0 spiro atoms. The molecule has 1 heterocycles. The van der Waals surface area contributed by atoms with E-state index in [1.165, 1.54) is 19.6 Å². The van der Waals surface area contributed by atoms with Gasteiger partial charge in [-0.15, -0.1) is 0 Å². The quantitative estimate of drug-likeness (QED) is 0.552. The first-order valence-electron chi connectivity index (χ1n) is 3.10. The molecular weight excluding hydrogens is 144 g/mol. The maximum atomic E-state index is 10.9. The van der Waals surface area contributed by atoms with Crippen molar-refractivity contribution in [3.05, 3.63) is 23.8 Å². The second kappa shape index (κ2) is 3.09. The first-order chi connectivity index (χ1) is 5.25. The zero-order valence-electron chi connectivity index (χ0n) is 6.37. The number of ether oxygens (including phenoxy) is 1. The number of aromatic nitrogens is 2. The van der Waals surface area contributed by atoms with Crippen LogP contribution in [0.15, 0.2) is 12.5 Å². The highest BCUT2D eigenvalue weighted by Crippen LogP contribution is 2.02. The number of carbonyl (C=O) groups excluding carboxylic acids is 1. The maximum Gasteiger partial charge on any atom is 0.341 e. The van der Waals surface area contributed by atoms with Crippen molar-refractivity contribution in [1.82, 2.24) is 9.97 Å². The molecule has 0 unspecified atom stereocenters. The standard InChI is InChI=1S/C7H8N2O2/c1-5-6(7(10)11-2)3-8-4-9-5/h3-4H,1-2H3. The third-order valence-electron chi connectivity index (χ3n) is 1.32. The van der Waals surface area contributed by atoms with Gasteiger partial charge in [-0.1, -0.05) is 0 Å². The third-order valence-corrected chi connectivity index (χ3v) is 1.32. The van der Waals surface area contributed by atoms with Crippen LogP contribution in [0.2, 0.25) is 0 Å². The molecule has 0 bridgehead atoms. The van der Waals surface area contributed by atoms with Gasteiger partial charge in [0.15, 0.2) is 0 Å². The van der Waals surface area contributed by atoms with Crippen molar-refractivity contribution in [2.75, 3.05) is 7.11 Å². The second-order valence-corrected chi connectivity index (χ2v) is 2.01. The zero-order valence-corrected chi connectivity index (χ0v) is 6.37. The second-order valence-electron chi connectivity index (χ2n) is 2.01. The van der Waals surface area contributed by atoms with Crippen molar-refractivity contribution in [1.29, 1.82) is 0 Å². The Kier molecular flexibility index (Phi) is 2.15. The molecule has 0 fully saturated rings. The van der Waals surface area contributed by atoms with Crippen molar-refractivity contribution < 1.29 is 9.53 Å². The van der Waals surface area contributed by atoms with E-state index in [-0.39, 0.29) is 0 Å². The average molecular weight is 152 g/mol. The normalized spacial score (nSPS) is 9.27. The number of aryl methyl sites for hydroxylation is 1. The Morgan fingerprint density at radius 2 is 2.36 bits per heavy atom. The minimum Gasteiger partial charge on any atom is -0.465 e. The summed E-state index contributed by atoms with van der Waals surface area (Å²) in [5.74, 6) is -0.400. The number of nitrogens with zero attached hydrogens (tertiary/aromatic N) is 2. The van der Waals surface area contributed by atoms with Crippen LogP contribution in [0.1, 0.15) is 16.1 Å². The predicted molar refractivity (Wildman–Crippen MR) is 38.1 cm³/mol. The molecule has 0 aromatic carbocycles. The smallest absolute Gasteiger partial charge is 0.341 e. The summed E-state index contributed by atoms with van der Waals surface area (Å²) in [6.07, 6.45) is 2.83. The summed E-state index contributed by atoms with van der Waals surface area (Å²) in [4.78, 5) is 18.5. The van der Waals surface area contributed by atoms with Crippen molar-refractivity contribution in [3.63, 3.8) is 0 Å². The Hall–Kier alpha value is -1.45. The molecule has 4 nitrogen and oxygen atoms in total. The molecule has 0 amide bonds. The molecule has 0 aliphatic heterocycles. The summed E-state index contributed by atoms with van der Waals surface area (Å²) in [6.45, 7) is 1.73. The Morgan fingerprint density at radius 1 is 1.64 bits per heavy atom. The minimum atomic E-state index is -0.400. The maximum absolute atomic E-state index is 10.9. The van der Waals surface area contributed by atoms with E-state index in [1.54, 1.807) is 6.92 Å². The fourth-order valence-electron chi connectivity index (χ4n) is 0.701. The highest BCUT2D eigenvalue weighted by molar-refractivity contribution is 5.89. The summed E-state index contributed by atoms with van der Waals surface area (Å²) < 4.78 is 4.50. The van der Waals surface area contributed by atoms with Crippen LogP contribution in [-0.4, -0.2) is 23.0 Å². The zero-order chi connectivity index (χ0) is 8.27. The van der Waals surface area contributed by atoms with E-state index >= 15 is 0 Å².